The van der Waals surface area contributed by atoms with Crippen molar-refractivity contribution in [3.63, 3.8) is 0 Å². The zero-order valence-corrected chi connectivity index (χ0v) is 19.3. The summed E-state index contributed by atoms with van der Waals surface area (Å²) in [5.74, 6) is 2.56. The van der Waals surface area contributed by atoms with Crippen molar-refractivity contribution in [2.24, 2.45) is 5.92 Å². The molecule has 174 valence electrons. The highest BCUT2D eigenvalue weighted by molar-refractivity contribution is 5.96. The molecule has 1 amide bonds. The minimum atomic E-state index is -0.0200. The van der Waals surface area contributed by atoms with Crippen molar-refractivity contribution in [2.45, 2.75) is 26.0 Å². The molecule has 0 atom stereocenters. The first-order chi connectivity index (χ1) is 16.7. The Kier molecular flexibility index (Phi) is 6.42. The first-order valence-corrected chi connectivity index (χ1v) is 11.6. The standard InChI is InChI=1S/C27H28N4O3/c1-33-26-22(10-7-15-28-26)27(32)30-16-13-20(14-17-30)18-31-24-12-6-5-11-23(24)29-25(31)19-34-21-8-3-2-4-9-21/h2-12,15,20H,13-14,16-19H2,1H3. The summed E-state index contributed by atoms with van der Waals surface area (Å²) < 4.78 is 13.6. The van der Waals surface area contributed by atoms with Gasteiger partial charge in [-0.2, -0.15) is 0 Å². The maximum absolute atomic E-state index is 13.0. The van der Waals surface area contributed by atoms with Crippen LogP contribution in [0.25, 0.3) is 11.0 Å². The van der Waals surface area contributed by atoms with Crippen molar-refractivity contribution < 1.29 is 14.3 Å². The number of benzene rings is 2. The second-order valence-corrected chi connectivity index (χ2v) is 8.52. The number of carbonyl (C=O) groups is 1. The lowest BCUT2D eigenvalue weighted by Crippen LogP contribution is -2.39. The fourth-order valence-electron chi connectivity index (χ4n) is 4.57. The molecule has 0 saturated carbocycles. The predicted molar refractivity (Wildman–Crippen MR) is 130 cm³/mol. The summed E-state index contributed by atoms with van der Waals surface area (Å²) in [5.41, 5.74) is 2.61. The molecule has 2 aromatic heterocycles. The molecule has 7 heteroatoms. The number of ether oxygens (including phenoxy) is 2. The first-order valence-electron chi connectivity index (χ1n) is 11.6. The van der Waals surface area contributed by atoms with E-state index in [1.807, 2.05) is 53.4 Å². The van der Waals surface area contributed by atoms with Gasteiger partial charge < -0.3 is 18.9 Å². The van der Waals surface area contributed by atoms with Gasteiger partial charge in [0.25, 0.3) is 5.91 Å². The number of rotatable bonds is 7. The topological polar surface area (TPSA) is 69.5 Å². The van der Waals surface area contributed by atoms with E-state index in [-0.39, 0.29) is 5.91 Å². The number of hydrogen-bond donors (Lipinski definition) is 0. The molecular weight excluding hydrogens is 428 g/mol. The van der Waals surface area contributed by atoms with Crippen LogP contribution in [0, 0.1) is 5.92 Å². The molecule has 1 aliphatic heterocycles. The Balaban J connectivity index is 1.28. The molecule has 0 spiro atoms. The molecule has 2 aromatic carbocycles. The summed E-state index contributed by atoms with van der Waals surface area (Å²) >= 11 is 0. The molecule has 3 heterocycles. The Morgan fingerprint density at radius 3 is 2.56 bits per heavy atom. The van der Waals surface area contributed by atoms with E-state index in [9.17, 15) is 4.79 Å². The summed E-state index contributed by atoms with van der Waals surface area (Å²) in [6, 6.07) is 21.6. The van der Waals surface area contributed by atoms with Crippen LogP contribution in [-0.4, -0.2) is 45.5 Å². The van der Waals surface area contributed by atoms with Crippen molar-refractivity contribution in [3.8, 4) is 11.6 Å². The van der Waals surface area contributed by atoms with E-state index in [1.54, 1.807) is 25.4 Å². The highest BCUT2D eigenvalue weighted by Crippen LogP contribution is 2.26. The fourth-order valence-corrected chi connectivity index (χ4v) is 4.57. The molecule has 0 bridgehead atoms. The summed E-state index contributed by atoms with van der Waals surface area (Å²) in [5, 5.41) is 0. The number of imidazole rings is 1. The third kappa shape index (κ3) is 4.59. The zero-order chi connectivity index (χ0) is 23.3. The van der Waals surface area contributed by atoms with Crippen LogP contribution in [0.2, 0.25) is 0 Å². The van der Waals surface area contributed by atoms with Gasteiger partial charge in [-0.1, -0.05) is 30.3 Å². The predicted octanol–water partition coefficient (Wildman–Crippen LogP) is 4.57. The Hall–Kier alpha value is -3.87. The fraction of sp³-hybridized carbons (Fsp3) is 0.296. The third-order valence-electron chi connectivity index (χ3n) is 6.38. The van der Waals surface area contributed by atoms with Crippen LogP contribution in [0.15, 0.2) is 72.9 Å². The number of hydrogen-bond acceptors (Lipinski definition) is 5. The highest BCUT2D eigenvalue weighted by atomic mass is 16.5. The van der Waals surface area contributed by atoms with E-state index in [4.69, 9.17) is 14.5 Å². The third-order valence-corrected chi connectivity index (χ3v) is 6.38. The number of fused-ring (bicyclic) bond motifs is 1. The Morgan fingerprint density at radius 1 is 1.00 bits per heavy atom. The lowest BCUT2D eigenvalue weighted by Gasteiger charge is -2.32. The number of piperidine rings is 1. The van der Waals surface area contributed by atoms with E-state index in [2.05, 4.69) is 15.6 Å². The minimum Gasteiger partial charge on any atom is -0.486 e. The highest BCUT2D eigenvalue weighted by Gasteiger charge is 2.27. The van der Waals surface area contributed by atoms with Crippen LogP contribution < -0.4 is 9.47 Å². The van der Waals surface area contributed by atoms with Crippen LogP contribution in [0.4, 0.5) is 0 Å². The second-order valence-electron chi connectivity index (χ2n) is 8.52. The average molecular weight is 457 g/mol. The van der Waals surface area contributed by atoms with Crippen LogP contribution in [-0.2, 0) is 13.2 Å². The number of nitrogens with zero attached hydrogens (tertiary/aromatic N) is 4. The second kappa shape index (κ2) is 9.95. The van der Waals surface area contributed by atoms with Crippen LogP contribution in [0.5, 0.6) is 11.6 Å². The number of para-hydroxylation sites is 3. The molecule has 5 rings (SSSR count). The van der Waals surface area contributed by atoms with Gasteiger partial charge in [0.1, 0.15) is 23.7 Å². The molecule has 4 aromatic rings. The summed E-state index contributed by atoms with van der Waals surface area (Å²) in [6.07, 6.45) is 3.50. The summed E-state index contributed by atoms with van der Waals surface area (Å²) in [4.78, 5) is 23.9. The quantitative estimate of drug-likeness (QED) is 0.407. The van der Waals surface area contributed by atoms with Crippen molar-refractivity contribution in [1.82, 2.24) is 19.4 Å². The van der Waals surface area contributed by atoms with Gasteiger partial charge in [0.2, 0.25) is 5.88 Å². The Labute approximate surface area is 199 Å². The van der Waals surface area contributed by atoms with Crippen LogP contribution in [0.3, 0.4) is 0 Å². The number of amides is 1. The lowest BCUT2D eigenvalue weighted by atomic mass is 9.96. The maximum Gasteiger partial charge on any atom is 0.259 e. The SMILES string of the molecule is COc1ncccc1C(=O)N1CCC(Cn2c(COc3ccccc3)nc3ccccc32)CC1. The Bertz CT molecular complexity index is 1260. The zero-order valence-electron chi connectivity index (χ0n) is 19.3. The molecule has 0 unspecified atom stereocenters. The van der Waals surface area contributed by atoms with E-state index in [1.165, 1.54) is 0 Å². The van der Waals surface area contributed by atoms with Crippen LogP contribution >= 0.6 is 0 Å². The number of likely N-dealkylation sites (tertiary alicyclic amines) is 1. The van der Waals surface area contributed by atoms with E-state index >= 15 is 0 Å². The monoisotopic (exact) mass is 456 g/mol. The number of carbonyl (C=O) groups excluding carboxylic acids is 1. The van der Waals surface area contributed by atoms with Gasteiger partial charge in [0, 0.05) is 25.8 Å². The molecule has 1 fully saturated rings. The molecule has 0 aliphatic carbocycles. The van der Waals surface area contributed by atoms with Gasteiger partial charge in [-0.05, 0) is 55.2 Å². The first kappa shape index (κ1) is 21.9. The van der Waals surface area contributed by atoms with E-state index in [0.717, 1.165) is 42.0 Å². The van der Waals surface area contributed by atoms with Gasteiger partial charge in [-0.3, -0.25) is 4.79 Å². The summed E-state index contributed by atoms with van der Waals surface area (Å²) in [6.45, 7) is 2.69. The van der Waals surface area contributed by atoms with Gasteiger partial charge in [0.05, 0.1) is 18.1 Å². The van der Waals surface area contributed by atoms with Gasteiger partial charge in [-0.25, -0.2) is 9.97 Å². The van der Waals surface area contributed by atoms with E-state index < -0.39 is 0 Å². The van der Waals surface area contributed by atoms with Crippen LogP contribution in [0.1, 0.15) is 29.0 Å². The van der Waals surface area contributed by atoms with E-state index in [0.29, 0.717) is 37.1 Å². The smallest absolute Gasteiger partial charge is 0.259 e. The molecule has 0 N–H and O–H groups in total. The number of pyridine rings is 1. The number of methoxy groups -OCH3 is 1. The van der Waals surface area contributed by atoms with Gasteiger partial charge in [-0.15, -0.1) is 0 Å². The maximum atomic E-state index is 13.0. The van der Waals surface area contributed by atoms with Crippen molar-refractivity contribution >= 4 is 16.9 Å². The van der Waals surface area contributed by atoms with Crippen molar-refractivity contribution in [1.29, 1.82) is 0 Å². The largest absolute Gasteiger partial charge is 0.486 e. The molecule has 7 nitrogen and oxygen atoms in total. The minimum absolute atomic E-state index is 0.0200. The number of aromatic nitrogens is 3. The molecular formula is C27H28N4O3. The van der Waals surface area contributed by atoms with Crippen molar-refractivity contribution in [2.75, 3.05) is 20.2 Å². The average Bonchev–Trinajstić information content (AvgIpc) is 3.25. The molecule has 1 aliphatic rings. The molecule has 1 saturated heterocycles. The summed E-state index contributed by atoms with van der Waals surface area (Å²) in [7, 11) is 1.54. The molecule has 34 heavy (non-hydrogen) atoms. The lowest BCUT2D eigenvalue weighted by molar-refractivity contribution is 0.0678. The Morgan fingerprint density at radius 2 is 1.76 bits per heavy atom. The molecule has 0 radical (unpaired) electrons. The van der Waals surface area contributed by atoms with Gasteiger partial charge >= 0.3 is 0 Å². The van der Waals surface area contributed by atoms with Crippen molar-refractivity contribution in [3.05, 3.63) is 84.3 Å². The van der Waals surface area contributed by atoms with Gasteiger partial charge in [0.15, 0.2) is 0 Å². The normalized spacial score (nSPS) is 14.3.